The molecule has 2 rings (SSSR count). The number of benzene rings is 1. The highest BCUT2D eigenvalue weighted by molar-refractivity contribution is 5.83. The van der Waals surface area contributed by atoms with Gasteiger partial charge in [0.25, 0.3) is 0 Å². The first kappa shape index (κ1) is 9.71. The highest BCUT2D eigenvalue weighted by atomic mass is 16.1. The van der Waals surface area contributed by atoms with E-state index in [4.69, 9.17) is 0 Å². The van der Waals surface area contributed by atoms with Gasteiger partial charge in [-0.3, -0.25) is 4.79 Å². The standard InChI is InChI=1S/C11H13N3O/c1-7(15)6-12-9-3-4-10-11(5-9)14-8(2)13-10/h3-5,12H,6H2,1-2H3,(H,13,14). The minimum atomic E-state index is 0.121. The van der Waals surface area contributed by atoms with E-state index in [1.807, 2.05) is 25.1 Å². The van der Waals surface area contributed by atoms with E-state index in [2.05, 4.69) is 15.3 Å². The molecule has 0 amide bonds. The molecule has 0 radical (unpaired) electrons. The van der Waals surface area contributed by atoms with Crippen LogP contribution in [0, 0.1) is 6.92 Å². The van der Waals surface area contributed by atoms with E-state index >= 15 is 0 Å². The summed E-state index contributed by atoms with van der Waals surface area (Å²) in [7, 11) is 0. The third-order valence-corrected chi connectivity index (χ3v) is 2.14. The van der Waals surface area contributed by atoms with E-state index in [0.717, 1.165) is 22.5 Å². The fourth-order valence-corrected chi connectivity index (χ4v) is 1.47. The summed E-state index contributed by atoms with van der Waals surface area (Å²) < 4.78 is 0. The molecule has 0 aliphatic rings. The summed E-state index contributed by atoms with van der Waals surface area (Å²) in [5, 5.41) is 3.05. The Morgan fingerprint density at radius 2 is 2.33 bits per heavy atom. The number of rotatable bonds is 3. The molecule has 0 atom stereocenters. The van der Waals surface area contributed by atoms with Crippen LogP contribution in [0.2, 0.25) is 0 Å². The lowest BCUT2D eigenvalue weighted by molar-refractivity contribution is -0.115. The monoisotopic (exact) mass is 203 g/mol. The maximum absolute atomic E-state index is 10.8. The van der Waals surface area contributed by atoms with Crippen molar-refractivity contribution >= 4 is 22.5 Å². The van der Waals surface area contributed by atoms with E-state index in [1.165, 1.54) is 0 Å². The Labute approximate surface area is 87.7 Å². The van der Waals surface area contributed by atoms with Gasteiger partial charge >= 0.3 is 0 Å². The Morgan fingerprint density at radius 3 is 3.07 bits per heavy atom. The molecule has 78 valence electrons. The van der Waals surface area contributed by atoms with Crippen molar-refractivity contribution in [1.29, 1.82) is 0 Å². The van der Waals surface area contributed by atoms with Crippen molar-refractivity contribution in [1.82, 2.24) is 9.97 Å². The van der Waals surface area contributed by atoms with Crippen molar-refractivity contribution in [2.45, 2.75) is 13.8 Å². The van der Waals surface area contributed by atoms with Crippen LogP contribution in [0.3, 0.4) is 0 Å². The number of nitrogens with zero attached hydrogens (tertiary/aromatic N) is 1. The van der Waals surface area contributed by atoms with Crippen molar-refractivity contribution in [3.8, 4) is 0 Å². The largest absolute Gasteiger partial charge is 0.378 e. The second-order valence-corrected chi connectivity index (χ2v) is 3.61. The van der Waals surface area contributed by atoms with Gasteiger partial charge in [-0.15, -0.1) is 0 Å². The first-order valence-electron chi connectivity index (χ1n) is 4.85. The van der Waals surface area contributed by atoms with Crippen LogP contribution in [0.4, 0.5) is 5.69 Å². The molecule has 1 aromatic heterocycles. The first-order valence-corrected chi connectivity index (χ1v) is 4.85. The third kappa shape index (κ3) is 2.15. The second-order valence-electron chi connectivity index (χ2n) is 3.61. The quantitative estimate of drug-likeness (QED) is 0.800. The molecule has 2 aromatic rings. The van der Waals surface area contributed by atoms with Crippen LogP contribution in [-0.2, 0) is 4.79 Å². The Hall–Kier alpha value is -1.84. The number of ketones is 1. The summed E-state index contributed by atoms with van der Waals surface area (Å²) in [6.07, 6.45) is 0. The number of H-pyrrole nitrogens is 1. The molecule has 4 heteroatoms. The molecule has 4 nitrogen and oxygen atoms in total. The van der Waals surface area contributed by atoms with Gasteiger partial charge in [0.1, 0.15) is 11.6 Å². The molecule has 1 heterocycles. The topological polar surface area (TPSA) is 57.8 Å². The van der Waals surface area contributed by atoms with Gasteiger partial charge in [0.15, 0.2) is 0 Å². The summed E-state index contributed by atoms with van der Waals surface area (Å²) in [5.74, 6) is 1.02. The lowest BCUT2D eigenvalue weighted by Crippen LogP contribution is -2.09. The molecule has 0 saturated carbocycles. The van der Waals surface area contributed by atoms with Gasteiger partial charge in [-0.2, -0.15) is 0 Å². The smallest absolute Gasteiger partial charge is 0.148 e. The SMILES string of the molecule is CC(=O)CNc1ccc2nc(C)[nH]c2c1. The van der Waals surface area contributed by atoms with Crippen LogP contribution >= 0.6 is 0 Å². The number of anilines is 1. The lowest BCUT2D eigenvalue weighted by Gasteiger charge is -2.02. The molecule has 0 aliphatic carbocycles. The minimum absolute atomic E-state index is 0.121. The van der Waals surface area contributed by atoms with Crippen LogP contribution in [0.25, 0.3) is 11.0 Å². The van der Waals surface area contributed by atoms with Gasteiger partial charge < -0.3 is 10.3 Å². The third-order valence-electron chi connectivity index (χ3n) is 2.14. The molecule has 0 unspecified atom stereocenters. The Morgan fingerprint density at radius 1 is 1.53 bits per heavy atom. The zero-order valence-electron chi connectivity index (χ0n) is 8.79. The number of hydrogen-bond donors (Lipinski definition) is 2. The van der Waals surface area contributed by atoms with Crippen LogP contribution < -0.4 is 5.32 Å². The predicted molar refractivity (Wildman–Crippen MR) is 60.0 cm³/mol. The number of carbonyl (C=O) groups excluding carboxylic acids is 1. The Bertz CT molecular complexity index is 502. The number of Topliss-reactive ketones (excluding diaryl/α,β-unsaturated/α-hetero) is 1. The van der Waals surface area contributed by atoms with E-state index in [1.54, 1.807) is 6.92 Å². The predicted octanol–water partition coefficient (Wildman–Crippen LogP) is 1.87. The summed E-state index contributed by atoms with van der Waals surface area (Å²) in [6, 6.07) is 5.81. The van der Waals surface area contributed by atoms with E-state index in [-0.39, 0.29) is 5.78 Å². The maximum Gasteiger partial charge on any atom is 0.148 e. The molecule has 0 spiro atoms. The van der Waals surface area contributed by atoms with Gasteiger partial charge in [0.05, 0.1) is 17.6 Å². The molecule has 0 saturated heterocycles. The van der Waals surface area contributed by atoms with Crippen molar-refractivity contribution in [2.24, 2.45) is 0 Å². The first-order chi connectivity index (χ1) is 7.15. The number of fused-ring (bicyclic) bond motifs is 1. The van der Waals surface area contributed by atoms with Gasteiger partial charge in [0, 0.05) is 5.69 Å². The van der Waals surface area contributed by atoms with Gasteiger partial charge in [-0.25, -0.2) is 4.98 Å². The van der Waals surface area contributed by atoms with Gasteiger partial charge in [-0.1, -0.05) is 0 Å². The normalized spacial score (nSPS) is 10.5. The number of aromatic nitrogens is 2. The maximum atomic E-state index is 10.8. The van der Waals surface area contributed by atoms with Crippen LogP contribution in [0.5, 0.6) is 0 Å². The van der Waals surface area contributed by atoms with Crippen molar-refractivity contribution < 1.29 is 4.79 Å². The van der Waals surface area contributed by atoms with E-state index < -0.39 is 0 Å². The fourth-order valence-electron chi connectivity index (χ4n) is 1.47. The number of aryl methyl sites for hydroxylation is 1. The zero-order valence-corrected chi connectivity index (χ0v) is 8.79. The lowest BCUT2D eigenvalue weighted by atomic mass is 10.2. The number of aromatic amines is 1. The highest BCUT2D eigenvalue weighted by Crippen LogP contribution is 2.16. The Balaban J connectivity index is 2.26. The summed E-state index contributed by atoms with van der Waals surface area (Å²) in [4.78, 5) is 18.3. The highest BCUT2D eigenvalue weighted by Gasteiger charge is 2.00. The number of imidazole rings is 1. The molecular formula is C11H13N3O. The molecule has 1 aromatic carbocycles. The van der Waals surface area contributed by atoms with Crippen molar-refractivity contribution in [3.05, 3.63) is 24.0 Å². The van der Waals surface area contributed by atoms with E-state index in [9.17, 15) is 4.79 Å². The molecule has 15 heavy (non-hydrogen) atoms. The average Bonchev–Trinajstić information content (AvgIpc) is 2.53. The van der Waals surface area contributed by atoms with Crippen molar-refractivity contribution in [3.63, 3.8) is 0 Å². The summed E-state index contributed by atoms with van der Waals surface area (Å²) >= 11 is 0. The van der Waals surface area contributed by atoms with Crippen LogP contribution in [0.15, 0.2) is 18.2 Å². The fraction of sp³-hybridized carbons (Fsp3) is 0.273. The summed E-state index contributed by atoms with van der Waals surface area (Å²) in [6.45, 7) is 3.84. The van der Waals surface area contributed by atoms with Gasteiger partial charge in [-0.05, 0) is 32.0 Å². The number of nitrogens with one attached hydrogen (secondary N) is 2. The summed E-state index contributed by atoms with van der Waals surface area (Å²) in [5.41, 5.74) is 2.86. The zero-order chi connectivity index (χ0) is 10.8. The molecule has 0 bridgehead atoms. The molecule has 2 N–H and O–H groups in total. The number of hydrogen-bond acceptors (Lipinski definition) is 3. The number of carbonyl (C=O) groups is 1. The van der Waals surface area contributed by atoms with Crippen molar-refractivity contribution in [2.75, 3.05) is 11.9 Å². The Kier molecular flexibility index (Phi) is 2.41. The minimum Gasteiger partial charge on any atom is -0.378 e. The second kappa shape index (κ2) is 3.73. The average molecular weight is 203 g/mol. The van der Waals surface area contributed by atoms with Gasteiger partial charge in [0.2, 0.25) is 0 Å². The molecule has 0 fully saturated rings. The molecule has 0 aliphatic heterocycles. The van der Waals surface area contributed by atoms with E-state index in [0.29, 0.717) is 6.54 Å². The van der Waals surface area contributed by atoms with Crippen LogP contribution in [-0.4, -0.2) is 22.3 Å². The van der Waals surface area contributed by atoms with Crippen LogP contribution in [0.1, 0.15) is 12.7 Å². The molecular weight excluding hydrogens is 190 g/mol.